The summed E-state index contributed by atoms with van der Waals surface area (Å²) in [7, 11) is 0. The van der Waals surface area contributed by atoms with Crippen LogP contribution in [-0.4, -0.2) is 51.9 Å². The van der Waals surface area contributed by atoms with Gasteiger partial charge in [0.2, 0.25) is 0 Å². The molecule has 0 fully saturated rings. The number of isothiocyanates is 1. The fourth-order valence-electron chi connectivity index (χ4n) is 2.83. The van der Waals surface area contributed by atoms with Crippen LogP contribution in [0.5, 0.6) is 5.75 Å². The van der Waals surface area contributed by atoms with Crippen LogP contribution in [0.25, 0.3) is 0 Å². The molecule has 1 atom stereocenters. The molecule has 0 aromatic heterocycles. The molecule has 0 radical (unpaired) electrons. The summed E-state index contributed by atoms with van der Waals surface area (Å²) >= 11 is 4.58. The number of carboxylic acid groups (broad SMARTS) is 1. The predicted octanol–water partition coefficient (Wildman–Crippen LogP) is 2.63. The lowest BCUT2D eigenvalue weighted by molar-refractivity contribution is -0.138. The summed E-state index contributed by atoms with van der Waals surface area (Å²) in [6.45, 7) is 0.991. The third-order valence-corrected chi connectivity index (χ3v) is 4.20. The van der Waals surface area contributed by atoms with Crippen molar-refractivity contribution >= 4 is 29.0 Å². The van der Waals surface area contributed by atoms with Gasteiger partial charge >= 0.3 is 5.97 Å². The number of aliphatic carboxylic acids is 1. The number of nitrogens with two attached hydrogens (primary N) is 1. The smallest absolute Gasteiger partial charge is 0.317 e. The Morgan fingerprint density at radius 3 is 2.37 bits per heavy atom. The predicted molar refractivity (Wildman–Crippen MR) is 109 cm³/mol. The Bertz CT molecular complexity index is 787. The zero-order valence-corrected chi connectivity index (χ0v) is 15.7. The molecule has 2 aromatic rings. The van der Waals surface area contributed by atoms with Crippen molar-refractivity contribution in [3.63, 3.8) is 0 Å². The number of thiocarbonyl (C=S) groups is 1. The zero-order chi connectivity index (χ0) is 19.6. The van der Waals surface area contributed by atoms with Gasteiger partial charge in [0.25, 0.3) is 0 Å². The van der Waals surface area contributed by atoms with Crippen LogP contribution in [-0.2, 0) is 17.6 Å². The van der Waals surface area contributed by atoms with E-state index in [0.717, 1.165) is 16.8 Å². The SMILES string of the molecule is NC(Cc1ccc(N=C=S)cc1)CN(CCc1ccc(O)cc1)CC(=O)O. The van der Waals surface area contributed by atoms with Crippen molar-refractivity contribution in [2.45, 2.75) is 18.9 Å². The zero-order valence-electron chi connectivity index (χ0n) is 14.9. The number of hydrogen-bond donors (Lipinski definition) is 3. The van der Waals surface area contributed by atoms with Crippen LogP contribution in [0.4, 0.5) is 5.69 Å². The van der Waals surface area contributed by atoms with E-state index in [1.165, 1.54) is 0 Å². The second-order valence-corrected chi connectivity index (χ2v) is 6.56. The van der Waals surface area contributed by atoms with Crippen LogP contribution in [0.1, 0.15) is 11.1 Å². The largest absolute Gasteiger partial charge is 0.508 e. The number of phenols is 1. The Morgan fingerprint density at radius 2 is 1.78 bits per heavy atom. The van der Waals surface area contributed by atoms with Gasteiger partial charge in [0.15, 0.2) is 0 Å². The maximum absolute atomic E-state index is 11.2. The second kappa shape index (κ2) is 10.5. The number of rotatable bonds is 10. The topological polar surface area (TPSA) is 99.1 Å². The normalized spacial score (nSPS) is 11.8. The molecule has 27 heavy (non-hydrogen) atoms. The summed E-state index contributed by atoms with van der Waals surface area (Å²) in [4.78, 5) is 16.9. The lowest BCUT2D eigenvalue weighted by Gasteiger charge is -2.24. The Kier molecular flexibility index (Phi) is 8.10. The van der Waals surface area contributed by atoms with Crippen molar-refractivity contribution < 1.29 is 15.0 Å². The molecule has 2 aromatic carbocycles. The lowest BCUT2D eigenvalue weighted by Crippen LogP contribution is -2.42. The van der Waals surface area contributed by atoms with Crippen LogP contribution in [0.2, 0.25) is 0 Å². The second-order valence-electron chi connectivity index (χ2n) is 6.38. The highest BCUT2D eigenvalue weighted by Gasteiger charge is 2.14. The van der Waals surface area contributed by atoms with Gasteiger partial charge in [-0.25, -0.2) is 0 Å². The molecule has 0 saturated heterocycles. The highest BCUT2D eigenvalue weighted by molar-refractivity contribution is 7.78. The molecule has 1 unspecified atom stereocenters. The molecule has 0 amide bonds. The van der Waals surface area contributed by atoms with Gasteiger partial charge in [0, 0.05) is 19.1 Å². The summed E-state index contributed by atoms with van der Waals surface area (Å²) in [5, 5.41) is 20.8. The summed E-state index contributed by atoms with van der Waals surface area (Å²) in [5.41, 5.74) is 9.08. The van der Waals surface area contributed by atoms with E-state index in [9.17, 15) is 9.90 Å². The maximum Gasteiger partial charge on any atom is 0.317 e. The summed E-state index contributed by atoms with van der Waals surface area (Å²) in [6.07, 6.45) is 1.32. The summed E-state index contributed by atoms with van der Waals surface area (Å²) < 4.78 is 0. The molecule has 0 bridgehead atoms. The standard InChI is InChI=1S/C20H23N3O3S/c21-17(11-16-1-5-18(6-2-16)22-14-27)12-23(13-20(25)26)10-9-15-3-7-19(24)8-4-15/h1-8,17,24H,9-13,21H2,(H,25,26). The number of carbonyl (C=O) groups is 1. The quantitative estimate of drug-likeness (QED) is 0.429. The number of aromatic hydroxyl groups is 1. The van der Waals surface area contributed by atoms with Crippen molar-refractivity contribution in [3.8, 4) is 5.75 Å². The molecule has 0 saturated carbocycles. The molecule has 6 nitrogen and oxygen atoms in total. The minimum Gasteiger partial charge on any atom is -0.508 e. The monoisotopic (exact) mass is 385 g/mol. The molecule has 2 rings (SSSR count). The Balaban J connectivity index is 1.91. The van der Waals surface area contributed by atoms with E-state index >= 15 is 0 Å². The van der Waals surface area contributed by atoms with Crippen molar-refractivity contribution in [3.05, 3.63) is 59.7 Å². The van der Waals surface area contributed by atoms with E-state index in [0.29, 0.717) is 25.9 Å². The van der Waals surface area contributed by atoms with Gasteiger partial charge in [-0.2, -0.15) is 4.99 Å². The number of nitrogens with zero attached hydrogens (tertiary/aromatic N) is 2. The number of phenolic OH excluding ortho intramolecular Hbond substituents is 1. The van der Waals surface area contributed by atoms with Crippen LogP contribution in [0.15, 0.2) is 53.5 Å². The van der Waals surface area contributed by atoms with Crippen molar-refractivity contribution in [1.29, 1.82) is 0 Å². The first-order valence-corrected chi connectivity index (χ1v) is 9.01. The number of aliphatic imine (C=N–C) groups is 1. The van der Waals surface area contributed by atoms with Gasteiger partial charge in [0.1, 0.15) is 5.75 Å². The van der Waals surface area contributed by atoms with Crippen LogP contribution in [0, 0.1) is 0 Å². The molecule has 7 heteroatoms. The lowest BCUT2D eigenvalue weighted by atomic mass is 10.1. The average molecular weight is 385 g/mol. The molecule has 0 aliphatic carbocycles. The van der Waals surface area contributed by atoms with E-state index < -0.39 is 5.97 Å². The first kappa shape index (κ1) is 20.7. The van der Waals surface area contributed by atoms with Gasteiger partial charge in [-0.3, -0.25) is 9.69 Å². The minimum absolute atomic E-state index is 0.0614. The van der Waals surface area contributed by atoms with Gasteiger partial charge in [-0.15, -0.1) is 0 Å². The highest BCUT2D eigenvalue weighted by Crippen LogP contribution is 2.14. The van der Waals surface area contributed by atoms with E-state index in [2.05, 4.69) is 22.4 Å². The van der Waals surface area contributed by atoms with Crippen LogP contribution < -0.4 is 5.73 Å². The van der Waals surface area contributed by atoms with E-state index in [-0.39, 0.29) is 18.3 Å². The molecule has 0 heterocycles. The minimum atomic E-state index is -0.879. The van der Waals surface area contributed by atoms with Gasteiger partial charge in [0.05, 0.1) is 17.4 Å². The van der Waals surface area contributed by atoms with Crippen LogP contribution >= 0.6 is 12.2 Å². The van der Waals surface area contributed by atoms with Crippen LogP contribution in [0.3, 0.4) is 0 Å². The fourth-order valence-corrected chi connectivity index (χ4v) is 2.94. The third kappa shape index (κ3) is 7.68. The van der Waals surface area contributed by atoms with E-state index in [4.69, 9.17) is 10.8 Å². The summed E-state index contributed by atoms with van der Waals surface area (Å²) in [5.74, 6) is -0.666. The maximum atomic E-state index is 11.2. The fraction of sp³-hybridized carbons (Fsp3) is 0.300. The molecule has 4 N–H and O–H groups in total. The van der Waals surface area contributed by atoms with Gasteiger partial charge < -0.3 is 15.9 Å². The number of hydrogen-bond acceptors (Lipinski definition) is 6. The Morgan fingerprint density at radius 1 is 1.15 bits per heavy atom. The van der Waals surface area contributed by atoms with Crippen molar-refractivity contribution in [1.82, 2.24) is 4.90 Å². The molecule has 0 aliphatic rings. The highest BCUT2D eigenvalue weighted by atomic mass is 32.1. The third-order valence-electron chi connectivity index (χ3n) is 4.11. The first-order valence-electron chi connectivity index (χ1n) is 8.60. The van der Waals surface area contributed by atoms with Crippen molar-refractivity contribution in [2.75, 3.05) is 19.6 Å². The first-order chi connectivity index (χ1) is 13.0. The van der Waals surface area contributed by atoms with E-state index in [1.807, 2.05) is 41.3 Å². The number of benzene rings is 2. The average Bonchev–Trinajstić information content (AvgIpc) is 2.62. The van der Waals surface area contributed by atoms with Crippen molar-refractivity contribution in [2.24, 2.45) is 10.7 Å². The Labute approximate surface area is 164 Å². The number of carboxylic acids is 1. The van der Waals surface area contributed by atoms with E-state index in [1.54, 1.807) is 12.1 Å². The van der Waals surface area contributed by atoms with Gasteiger partial charge in [-0.05, 0) is 60.5 Å². The summed E-state index contributed by atoms with van der Waals surface area (Å²) in [6, 6.07) is 14.3. The molecular formula is C20H23N3O3S. The van der Waals surface area contributed by atoms with Gasteiger partial charge in [-0.1, -0.05) is 24.3 Å². The molecule has 0 aliphatic heterocycles. The molecular weight excluding hydrogens is 362 g/mol. The molecule has 0 spiro atoms. The molecule has 142 valence electrons. The Hall–Kier alpha value is -2.57.